The summed E-state index contributed by atoms with van der Waals surface area (Å²) in [5.41, 5.74) is 0.507. The van der Waals surface area contributed by atoms with Gasteiger partial charge in [0.1, 0.15) is 18.2 Å². The third-order valence-corrected chi connectivity index (χ3v) is 2.97. The minimum atomic E-state index is -0.541. The highest BCUT2D eigenvalue weighted by atomic mass is 19.1. The van der Waals surface area contributed by atoms with Gasteiger partial charge >= 0.3 is 0 Å². The van der Waals surface area contributed by atoms with E-state index >= 15 is 0 Å². The molecule has 0 aliphatic rings. The third kappa shape index (κ3) is 3.37. The Kier molecular flexibility index (Phi) is 4.52. The minimum absolute atomic E-state index is 0.0877. The highest BCUT2D eigenvalue weighted by Crippen LogP contribution is 2.24. The van der Waals surface area contributed by atoms with E-state index in [0.29, 0.717) is 0 Å². The summed E-state index contributed by atoms with van der Waals surface area (Å²) in [4.78, 5) is 11.5. The summed E-state index contributed by atoms with van der Waals surface area (Å²) in [5, 5.41) is 0. The summed E-state index contributed by atoms with van der Waals surface area (Å²) in [5.74, 6) is -1.13. The Morgan fingerprint density at radius 2 is 1.90 bits per heavy atom. The summed E-state index contributed by atoms with van der Waals surface area (Å²) < 4.78 is 37.5. The number of hydrogen-bond acceptors (Lipinski definition) is 3. The first-order chi connectivity index (χ1) is 10.0. The molecule has 0 saturated carbocycles. The quantitative estimate of drug-likeness (QED) is 0.787. The predicted molar refractivity (Wildman–Crippen MR) is 73.7 cm³/mol. The second-order valence-corrected chi connectivity index (χ2v) is 4.42. The van der Waals surface area contributed by atoms with Crippen molar-refractivity contribution in [3.8, 4) is 11.5 Å². The molecule has 0 unspecified atom stereocenters. The Morgan fingerprint density at radius 3 is 2.57 bits per heavy atom. The molecular formula is C16H14F2O3. The molecular weight excluding hydrogens is 278 g/mol. The molecule has 0 heterocycles. The van der Waals surface area contributed by atoms with E-state index in [0.717, 1.165) is 6.07 Å². The Hall–Kier alpha value is -2.43. The lowest BCUT2D eigenvalue weighted by Gasteiger charge is -2.11. The number of halogens is 2. The largest absolute Gasteiger partial charge is 0.494 e. The van der Waals surface area contributed by atoms with Gasteiger partial charge in [0, 0.05) is 11.6 Å². The standard InChI is InChI=1S/C16H14F2O3/c1-10(19)13-7-6-12(17)8-15(13)21-9-11-4-3-5-14(20-2)16(11)18/h3-8H,9H2,1-2H3. The van der Waals surface area contributed by atoms with Gasteiger partial charge in [-0.2, -0.15) is 0 Å². The zero-order valence-electron chi connectivity index (χ0n) is 11.7. The van der Waals surface area contributed by atoms with Crippen molar-refractivity contribution < 1.29 is 23.0 Å². The van der Waals surface area contributed by atoms with Crippen LogP contribution in [0.3, 0.4) is 0 Å². The van der Waals surface area contributed by atoms with Gasteiger partial charge in [-0.1, -0.05) is 12.1 Å². The highest BCUT2D eigenvalue weighted by molar-refractivity contribution is 5.96. The molecule has 0 saturated heterocycles. The Labute approximate surface area is 121 Å². The summed E-state index contributed by atoms with van der Waals surface area (Å²) in [6.45, 7) is 1.22. The van der Waals surface area contributed by atoms with Crippen molar-refractivity contribution in [2.45, 2.75) is 13.5 Å². The van der Waals surface area contributed by atoms with E-state index < -0.39 is 11.6 Å². The number of carbonyl (C=O) groups excluding carboxylic acids is 1. The van der Waals surface area contributed by atoms with Crippen molar-refractivity contribution in [2.24, 2.45) is 0 Å². The van der Waals surface area contributed by atoms with Gasteiger partial charge in [-0.25, -0.2) is 8.78 Å². The number of carbonyl (C=O) groups is 1. The van der Waals surface area contributed by atoms with E-state index in [1.807, 2.05) is 0 Å². The van der Waals surface area contributed by atoms with E-state index in [1.165, 1.54) is 38.3 Å². The van der Waals surface area contributed by atoms with E-state index in [-0.39, 0.29) is 35.0 Å². The Morgan fingerprint density at radius 1 is 1.14 bits per heavy atom. The number of methoxy groups -OCH3 is 1. The average molecular weight is 292 g/mol. The number of rotatable bonds is 5. The maximum atomic E-state index is 14.0. The third-order valence-electron chi connectivity index (χ3n) is 2.97. The summed E-state index contributed by atoms with van der Waals surface area (Å²) in [7, 11) is 1.36. The first kappa shape index (κ1) is 15.0. The molecule has 0 spiro atoms. The second kappa shape index (κ2) is 6.35. The monoisotopic (exact) mass is 292 g/mol. The van der Waals surface area contributed by atoms with Gasteiger partial charge in [0.25, 0.3) is 0 Å². The highest BCUT2D eigenvalue weighted by Gasteiger charge is 2.13. The number of Topliss-reactive ketones (excluding diaryl/α,β-unsaturated/α-hetero) is 1. The average Bonchev–Trinajstić information content (AvgIpc) is 2.46. The van der Waals surface area contributed by atoms with Crippen LogP contribution in [0.1, 0.15) is 22.8 Å². The number of ketones is 1. The van der Waals surface area contributed by atoms with Crippen molar-refractivity contribution in [3.05, 3.63) is 59.2 Å². The topological polar surface area (TPSA) is 35.5 Å². The molecule has 2 aromatic carbocycles. The molecule has 21 heavy (non-hydrogen) atoms. The Balaban J connectivity index is 2.24. The van der Waals surface area contributed by atoms with Gasteiger partial charge in [0.2, 0.25) is 0 Å². The van der Waals surface area contributed by atoms with Crippen molar-refractivity contribution in [3.63, 3.8) is 0 Å². The second-order valence-electron chi connectivity index (χ2n) is 4.42. The number of benzene rings is 2. The van der Waals surface area contributed by atoms with E-state index in [4.69, 9.17) is 9.47 Å². The molecule has 0 amide bonds. The fourth-order valence-corrected chi connectivity index (χ4v) is 1.89. The first-order valence-corrected chi connectivity index (χ1v) is 6.27. The van der Waals surface area contributed by atoms with Crippen LogP contribution in [0.25, 0.3) is 0 Å². The zero-order chi connectivity index (χ0) is 15.4. The van der Waals surface area contributed by atoms with Crippen molar-refractivity contribution in [1.82, 2.24) is 0 Å². The van der Waals surface area contributed by atoms with Crippen LogP contribution in [0.15, 0.2) is 36.4 Å². The van der Waals surface area contributed by atoms with Gasteiger partial charge in [-0.3, -0.25) is 4.79 Å². The molecule has 0 N–H and O–H groups in total. The normalized spacial score (nSPS) is 10.3. The molecule has 0 atom stereocenters. The van der Waals surface area contributed by atoms with Crippen LogP contribution >= 0.6 is 0 Å². The molecule has 5 heteroatoms. The van der Waals surface area contributed by atoms with Gasteiger partial charge in [0.15, 0.2) is 17.3 Å². The van der Waals surface area contributed by atoms with E-state index in [2.05, 4.69) is 0 Å². The van der Waals surface area contributed by atoms with Crippen molar-refractivity contribution in [2.75, 3.05) is 7.11 Å². The molecule has 0 bridgehead atoms. The zero-order valence-corrected chi connectivity index (χ0v) is 11.7. The predicted octanol–water partition coefficient (Wildman–Crippen LogP) is 3.76. The van der Waals surface area contributed by atoms with Gasteiger partial charge in [0.05, 0.1) is 12.7 Å². The molecule has 0 fully saturated rings. The van der Waals surface area contributed by atoms with Crippen molar-refractivity contribution >= 4 is 5.78 Å². The summed E-state index contributed by atoms with van der Waals surface area (Å²) in [6, 6.07) is 8.27. The van der Waals surface area contributed by atoms with Crippen LogP contribution < -0.4 is 9.47 Å². The van der Waals surface area contributed by atoms with Crippen LogP contribution in [0, 0.1) is 11.6 Å². The van der Waals surface area contributed by atoms with Gasteiger partial charge < -0.3 is 9.47 Å². The van der Waals surface area contributed by atoms with Crippen LogP contribution in [-0.4, -0.2) is 12.9 Å². The van der Waals surface area contributed by atoms with Crippen molar-refractivity contribution in [1.29, 1.82) is 0 Å². The van der Waals surface area contributed by atoms with Crippen LogP contribution in [-0.2, 0) is 6.61 Å². The van der Waals surface area contributed by atoms with E-state index in [1.54, 1.807) is 6.07 Å². The smallest absolute Gasteiger partial charge is 0.171 e. The molecule has 0 radical (unpaired) electrons. The van der Waals surface area contributed by atoms with Crippen LogP contribution in [0.4, 0.5) is 8.78 Å². The van der Waals surface area contributed by atoms with Gasteiger partial charge in [-0.05, 0) is 25.1 Å². The molecule has 2 rings (SSSR count). The maximum absolute atomic E-state index is 14.0. The summed E-state index contributed by atoms with van der Waals surface area (Å²) >= 11 is 0. The Bertz CT molecular complexity index is 669. The summed E-state index contributed by atoms with van der Waals surface area (Å²) in [6.07, 6.45) is 0. The van der Waals surface area contributed by atoms with E-state index in [9.17, 15) is 13.6 Å². The fraction of sp³-hybridized carbons (Fsp3) is 0.188. The lowest BCUT2D eigenvalue weighted by molar-refractivity contribution is 0.101. The van der Waals surface area contributed by atoms with Crippen LogP contribution in [0.2, 0.25) is 0 Å². The fourth-order valence-electron chi connectivity index (χ4n) is 1.89. The molecule has 0 aliphatic heterocycles. The van der Waals surface area contributed by atoms with Gasteiger partial charge in [-0.15, -0.1) is 0 Å². The minimum Gasteiger partial charge on any atom is -0.494 e. The molecule has 0 aromatic heterocycles. The number of hydrogen-bond donors (Lipinski definition) is 0. The van der Waals surface area contributed by atoms with Crippen LogP contribution in [0.5, 0.6) is 11.5 Å². The molecule has 3 nitrogen and oxygen atoms in total. The molecule has 2 aromatic rings. The molecule has 0 aliphatic carbocycles. The maximum Gasteiger partial charge on any atom is 0.171 e. The lowest BCUT2D eigenvalue weighted by atomic mass is 10.1. The number of ether oxygens (including phenoxy) is 2. The SMILES string of the molecule is COc1cccc(COc2cc(F)ccc2C(C)=O)c1F. The lowest BCUT2D eigenvalue weighted by Crippen LogP contribution is -2.04. The first-order valence-electron chi connectivity index (χ1n) is 6.27. The molecule has 110 valence electrons.